The molecule has 0 fully saturated rings. The maximum atomic E-state index is 12.8. The molecule has 0 aliphatic carbocycles. The molecule has 9 nitrogen and oxygen atoms in total. The van der Waals surface area contributed by atoms with Crippen LogP contribution in [0.4, 0.5) is 0 Å². The van der Waals surface area contributed by atoms with E-state index >= 15 is 0 Å². The molecule has 4 rings (SSSR count). The standard InChI is InChI=1S/C23H21N3O6S/c1-3-31-14-9-10-17-18(11-14)33-23(25(17)13-20(28)32-4-2)24-19(27)12-26-21(29)15-7-5-6-8-16(15)22(26)30/h5-11H,3-4,12-13H2,1-2H3. The topological polar surface area (TPSA) is 107 Å². The largest absolute Gasteiger partial charge is 0.494 e. The van der Waals surface area contributed by atoms with E-state index in [0.29, 0.717) is 17.9 Å². The van der Waals surface area contributed by atoms with Crippen LogP contribution in [0.15, 0.2) is 47.5 Å². The summed E-state index contributed by atoms with van der Waals surface area (Å²) in [6.45, 7) is 3.67. The lowest BCUT2D eigenvalue weighted by Crippen LogP contribution is -2.35. The molecule has 3 amide bonds. The Morgan fingerprint density at radius 2 is 1.67 bits per heavy atom. The molecule has 0 atom stereocenters. The molecule has 10 heteroatoms. The summed E-state index contributed by atoms with van der Waals surface area (Å²) < 4.78 is 12.9. The van der Waals surface area contributed by atoms with Crippen molar-refractivity contribution >= 4 is 45.2 Å². The molecular weight excluding hydrogens is 446 g/mol. The molecule has 2 aromatic carbocycles. The van der Waals surface area contributed by atoms with Gasteiger partial charge in [-0.25, -0.2) is 0 Å². The van der Waals surface area contributed by atoms with Crippen LogP contribution in [0.5, 0.6) is 5.75 Å². The van der Waals surface area contributed by atoms with Crippen LogP contribution in [0, 0.1) is 0 Å². The monoisotopic (exact) mass is 467 g/mol. The summed E-state index contributed by atoms with van der Waals surface area (Å²) in [5.74, 6) is -1.56. The Balaban J connectivity index is 1.68. The van der Waals surface area contributed by atoms with Gasteiger partial charge in [0.1, 0.15) is 18.8 Å². The second kappa shape index (κ2) is 9.37. The van der Waals surface area contributed by atoms with Crippen molar-refractivity contribution in [2.45, 2.75) is 20.4 Å². The van der Waals surface area contributed by atoms with E-state index in [1.165, 1.54) is 11.3 Å². The van der Waals surface area contributed by atoms with Crippen LogP contribution in [-0.2, 0) is 20.9 Å². The number of carbonyl (C=O) groups excluding carboxylic acids is 4. The highest BCUT2D eigenvalue weighted by atomic mass is 32.1. The number of nitrogens with zero attached hydrogens (tertiary/aromatic N) is 3. The van der Waals surface area contributed by atoms with Gasteiger partial charge in [0.25, 0.3) is 17.7 Å². The van der Waals surface area contributed by atoms with Gasteiger partial charge >= 0.3 is 5.97 Å². The number of hydrogen-bond donors (Lipinski definition) is 0. The van der Waals surface area contributed by atoms with Crippen molar-refractivity contribution in [3.63, 3.8) is 0 Å². The van der Waals surface area contributed by atoms with Crippen molar-refractivity contribution in [1.29, 1.82) is 0 Å². The number of amides is 3. The van der Waals surface area contributed by atoms with Gasteiger partial charge in [-0.2, -0.15) is 4.99 Å². The summed E-state index contributed by atoms with van der Waals surface area (Å²) in [5, 5.41) is 0. The predicted molar refractivity (Wildman–Crippen MR) is 120 cm³/mol. The third kappa shape index (κ3) is 4.42. The summed E-state index contributed by atoms with van der Waals surface area (Å²) in [6, 6.07) is 11.8. The van der Waals surface area contributed by atoms with Gasteiger partial charge in [0.15, 0.2) is 4.80 Å². The summed E-state index contributed by atoms with van der Waals surface area (Å²) in [4.78, 5) is 55.3. The van der Waals surface area contributed by atoms with Crippen molar-refractivity contribution in [1.82, 2.24) is 9.47 Å². The molecule has 1 aromatic heterocycles. The number of thiazole rings is 1. The number of esters is 1. The highest BCUT2D eigenvalue weighted by molar-refractivity contribution is 7.16. The van der Waals surface area contributed by atoms with E-state index in [4.69, 9.17) is 9.47 Å². The highest BCUT2D eigenvalue weighted by Crippen LogP contribution is 2.24. The van der Waals surface area contributed by atoms with Crippen LogP contribution in [0.2, 0.25) is 0 Å². The fourth-order valence-electron chi connectivity index (χ4n) is 3.54. The van der Waals surface area contributed by atoms with Gasteiger partial charge in [-0.05, 0) is 44.2 Å². The van der Waals surface area contributed by atoms with Crippen molar-refractivity contribution in [3.8, 4) is 5.75 Å². The zero-order valence-electron chi connectivity index (χ0n) is 18.1. The number of ether oxygens (including phenoxy) is 2. The fraction of sp³-hybridized carbons (Fsp3) is 0.261. The minimum atomic E-state index is -0.682. The number of imide groups is 1. The zero-order chi connectivity index (χ0) is 23.5. The minimum absolute atomic E-state index is 0.138. The summed E-state index contributed by atoms with van der Waals surface area (Å²) in [7, 11) is 0. The average Bonchev–Trinajstić information content (AvgIpc) is 3.24. The fourth-order valence-corrected chi connectivity index (χ4v) is 4.62. The van der Waals surface area contributed by atoms with Crippen LogP contribution in [0.1, 0.15) is 34.6 Å². The van der Waals surface area contributed by atoms with Crippen LogP contribution >= 0.6 is 11.3 Å². The number of rotatable bonds is 7. The van der Waals surface area contributed by atoms with E-state index in [1.54, 1.807) is 54.0 Å². The van der Waals surface area contributed by atoms with E-state index in [9.17, 15) is 19.2 Å². The van der Waals surface area contributed by atoms with E-state index < -0.39 is 30.2 Å². The van der Waals surface area contributed by atoms with Crippen LogP contribution in [0.3, 0.4) is 0 Å². The molecule has 0 saturated carbocycles. The van der Waals surface area contributed by atoms with Gasteiger partial charge in [0.2, 0.25) is 0 Å². The number of benzene rings is 2. The first kappa shape index (κ1) is 22.4. The minimum Gasteiger partial charge on any atom is -0.494 e. The normalized spacial score (nSPS) is 13.5. The Morgan fingerprint density at radius 3 is 2.30 bits per heavy atom. The smallest absolute Gasteiger partial charge is 0.326 e. The highest BCUT2D eigenvalue weighted by Gasteiger charge is 2.36. The molecule has 33 heavy (non-hydrogen) atoms. The lowest BCUT2D eigenvalue weighted by Gasteiger charge is -2.10. The Bertz CT molecular complexity index is 1300. The van der Waals surface area contributed by atoms with Gasteiger partial charge in [0, 0.05) is 0 Å². The molecule has 0 spiro atoms. The third-order valence-electron chi connectivity index (χ3n) is 4.95. The second-order valence-electron chi connectivity index (χ2n) is 7.09. The predicted octanol–water partition coefficient (Wildman–Crippen LogP) is 2.39. The Labute approximate surface area is 192 Å². The quantitative estimate of drug-likeness (QED) is 0.390. The maximum absolute atomic E-state index is 12.8. The first-order chi connectivity index (χ1) is 15.9. The molecule has 170 valence electrons. The van der Waals surface area contributed by atoms with Crippen molar-refractivity contribution in [2.75, 3.05) is 19.8 Å². The molecule has 0 unspecified atom stereocenters. The van der Waals surface area contributed by atoms with E-state index in [-0.39, 0.29) is 29.1 Å². The number of aromatic nitrogens is 1. The molecule has 2 heterocycles. The Morgan fingerprint density at radius 1 is 0.970 bits per heavy atom. The van der Waals surface area contributed by atoms with Crippen LogP contribution < -0.4 is 9.54 Å². The summed E-state index contributed by atoms with van der Waals surface area (Å²) in [5.41, 5.74) is 1.21. The van der Waals surface area contributed by atoms with E-state index in [0.717, 1.165) is 9.60 Å². The van der Waals surface area contributed by atoms with Crippen molar-refractivity contribution in [2.24, 2.45) is 4.99 Å². The maximum Gasteiger partial charge on any atom is 0.326 e. The molecule has 0 radical (unpaired) electrons. The molecular formula is C23H21N3O6S. The average molecular weight is 468 g/mol. The molecule has 0 saturated heterocycles. The summed E-state index contributed by atoms with van der Waals surface area (Å²) >= 11 is 1.20. The lowest BCUT2D eigenvalue weighted by molar-refractivity contribution is -0.143. The number of hydrogen-bond acceptors (Lipinski definition) is 7. The SMILES string of the molecule is CCOC(=O)Cn1c(=NC(=O)CN2C(=O)c3ccccc3C2=O)sc2cc(OCC)ccc21. The molecule has 3 aromatic rings. The Hall–Kier alpha value is -3.79. The van der Waals surface area contributed by atoms with Gasteiger partial charge in [-0.1, -0.05) is 23.5 Å². The number of carbonyl (C=O) groups is 4. The van der Waals surface area contributed by atoms with Crippen LogP contribution in [0.25, 0.3) is 10.2 Å². The Kier molecular flexibility index (Phi) is 6.36. The number of fused-ring (bicyclic) bond motifs is 2. The first-order valence-electron chi connectivity index (χ1n) is 10.4. The molecule has 1 aliphatic rings. The van der Waals surface area contributed by atoms with Crippen molar-refractivity contribution < 1.29 is 28.7 Å². The third-order valence-corrected chi connectivity index (χ3v) is 5.99. The molecule has 1 aliphatic heterocycles. The summed E-state index contributed by atoms with van der Waals surface area (Å²) in [6.07, 6.45) is 0. The van der Waals surface area contributed by atoms with Gasteiger partial charge in [-0.3, -0.25) is 24.1 Å². The van der Waals surface area contributed by atoms with Gasteiger partial charge in [-0.15, -0.1) is 0 Å². The van der Waals surface area contributed by atoms with E-state index in [1.807, 2.05) is 6.92 Å². The van der Waals surface area contributed by atoms with Gasteiger partial charge in [0.05, 0.1) is 34.6 Å². The molecule has 0 bridgehead atoms. The molecule has 0 N–H and O–H groups in total. The lowest BCUT2D eigenvalue weighted by atomic mass is 10.1. The first-order valence-corrected chi connectivity index (χ1v) is 11.2. The van der Waals surface area contributed by atoms with E-state index in [2.05, 4.69) is 4.99 Å². The second-order valence-corrected chi connectivity index (χ2v) is 8.10. The van der Waals surface area contributed by atoms with Crippen LogP contribution in [-0.4, -0.2) is 52.9 Å². The zero-order valence-corrected chi connectivity index (χ0v) is 18.9. The van der Waals surface area contributed by atoms with Gasteiger partial charge < -0.3 is 14.0 Å². The van der Waals surface area contributed by atoms with Crippen molar-refractivity contribution in [3.05, 3.63) is 58.4 Å².